The fourth-order valence-corrected chi connectivity index (χ4v) is 2.13. The average molecular weight is 293 g/mol. The van der Waals surface area contributed by atoms with Gasteiger partial charge in [-0.3, -0.25) is 0 Å². The summed E-state index contributed by atoms with van der Waals surface area (Å²) in [5.74, 6) is -0.0409. The molecule has 2 rings (SSSR count). The average Bonchev–Trinajstić information content (AvgIpc) is 2.44. The van der Waals surface area contributed by atoms with E-state index < -0.39 is 11.4 Å². The molecule has 1 atom stereocenters. The summed E-state index contributed by atoms with van der Waals surface area (Å²) >= 11 is 0. The van der Waals surface area contributed by atoms with Gasteiger partial charge in [0, 0.05) is 6.07 Å². The summed E-state index contributed by atoms with van der Waals surface area (Å²) in [5.41, 5.74) is 5.88. The van der Waals surface area contributed by atoms with Crippen molar-refractivity contribution >= 4 is 22.8 Å². The van der Waals surface area contributed by atoms with E-state index in [1.807, 2.05) is 6.92 Å². The maximum Gasteiger partial charge on any atom is 0.222 e. The molecule has 0 radical (unpaired) electrons. The number of nitrogens with one attached hydrogen (secondary N) is 1. The molecule has 6 nitrogen and oxygen atoms in total. The normalized spacial score (nSPS) is 14.1. The van der Waals surface area contributed by atoms with Gasteiger partial charge in [-0.2, -0.15) is 4.98 Å². The third kappa shape index (κ3) is 3.55. The summed E-state index contributed by atoms with van der Waals surface area (Å²) in [6, 6.07) is 1.26. The highest BCUT2D eigenvalue weighted by Crippen LogP contribution is 2.25. The molecule has 114 valence electrons. The fraction of sp³-hybridized carbons (Fsp3) is 0.500. The quantitative estimate of drug-likeness (QED) is 0.754. The van der Waals surface area contributed by atoms with Crippen LogP contribution in [-0.2, 0) is 0 Å². The molecule has 2 heterocycles. The number of nitrogens with zero attached hydrogens (tertiary/aromatic N) is 3. The van der Waals surface area contributed by atoms with E-state index in [2.05, 4.69) is 27.2 Å². The van der Waals surface area contributed by atoms with Crippen LogP contribution in [-0.4, -0.2) is 32.2 Å². The van der Waals surface area contributed by atoms with E-state index in [-0.39, 0.29) is 12.6 Å². The minimum Gasteiger partial charge on any atom is -0.394 e. The molecule has 0 fully saturated rings. The SMILES string of the molecule is CCCC[C@@](C)(CO)Nc1nc(N)nc2cc(F)cnc12. The van der Waals surface area contributed by atoms with Gasteiger partial charge < -0.3 is 16.2 Å². The van der Waals surface area contributed by atoms with Crippen molar-refractivity contribution < 1.29 is 9.50 Å². The van der Waals surface area contributed by atoms with Crippen molar-refractivity contribution in [2.24, 2.45) is 0 Å². The number of aromatic nitrogens is 3. The lowest BCUT2D eigenvalue weighted by molar-refractivity contribution is 0.212. The zero-order chi connectivity index (χ0) is 15.5. The van der Waals surface area contributed by atoms with Crippen molar-refractivity contribution in [3.8, 4) is 0 Å². The number of nitrogens with two attached hydrogens (primary N) is 1. The molecule has 0 aliphatic heterocycles. The molecule has 2 aromatic rings. The van der Waals surface area contributed by atoms with Crippen LogP contribution >= 0.6 is 0 Å². The van der Waals surface area contributed by atoms with Crippen molar-refractivity contribution in [1.29, 1.82) is 0 Å². The summed E-state index contributed by atoms with van der Waals surface area (Å²) in [4.78, 5) is 12.1. The molecule has 0 aliphatic rings. The monoisotopic (exact) mass is 293 g/mol. The van der Waals surface area contributed by atoms with Crippen molar-refractivity contribution in [1.82, 2.24) is 15.0 Å². The van der Waals surface area contributed by atoms with Crippen LogP contribution < -0.4 is 11.1 Å². The largest absolute Gasteiger partial charge is 0.394 e. The number of fused-ring (bicyclic) bond motifs is 1. The Morgan fingerprint density at radius 2 is 2.19 bits per heavy atom. The predicted molar refractivity (Wildman–Crippen MR) is 80.3 cm³/mol. The van der Waals surface area contributed by atoms with E-state index in [9.17, 15) is 9.50 Å². The van der Waals surface area contributed by atoms with E-state index in [1.54, 1.807) is 0 Å². The summed E-state index contributed by atoms with van der Waals surface area (Å²) in [7, 11) is 0. The Morgan fingerprint density at radius 1 is 1.43 bits per heavy atom. The highest BCUT2D eigenvalue weighted by molar-refractivity contribution is 5.86. The van der Waals surface area contributed by atoms with Gasteiger partial charge in [-0.05, 0) is 13.3 Å². The Balaban J connectivity index is 2.41. The second-order valence-electron chi connectivity index (χ2n) is 5.40. The molecule has 0 unspecified atom stereocenters. The van der Waals surface area contributed by atoms with Crippen LogP contribution in [0.1, 0.15) is 33.1 Å². The molecule has 0 amide bonds. The van der Waals surface area contributed by atoms with Crippen molar-refractivity contribution in [3.63, 3.8) is 0 Å². The van der Waals surface area contributed by atoms with Gasteiger partial charge in [-0.15, -0.1) is 0 Å². The van der Waals surface area contributed by atoms with Gasteiger partial charge in [0.2, 0.25) is 5.95 Å². The third-order valence-corrected chi connectivity index (χ3v) is 3.37. The molecule has 21 heavy (non-hydrogen) atoms. The molecule has 0 spiro atoms. The van der Waals surface area contributed by atoms with Crippen molar-refractivity contribution in [2.75, 3.05) is 17.7 Å². The Labute approximate surface area is 122 Å². The summed E-state index contributed by atoms with van der Waals surface area (Å²) in [6.07, 6.45) is 3.86. The topological polar surface area (TPSA) is 97.0 Å². The Morgan fingerprint density at radius 3 is 2.86 bits per heavy atom. The zero-order valence-corrected chi connectivity index (χ0v) is 12.2. The summed E-state index contributed by atoms with van der Waals surface area (Å²) in [5, 5.41) is 12.8. The van der Waals surface area contributed by atoms with Crippen LogP contribution in [0.4, 0.5) is 16.2 Å². The number of nitrogen functional groups attached to an aromatic ring is 1. The standard InChI is InChI=1S/C14H20FN5O/c1-3-4-5-14(2,8-21)20-12-11-10(18-13(16)19-12)6-9(15)7-17-11/h6-7,21H,3-5,8H2,1-2H3,(H3,16,18,19,20)/t14-/m0/s1. The van der Waals surface area contributed by atoms with Gasteiger partial charge >= 0.3 is 0 Å². The van der Waals surface area contributed by atoms with Crippen LogP contribution in [0.3, 0.4) is 0 Å². The number of halogens is 1. The Kier molecular flexibility index (Phi) is 4.52. The lowest BCUT2D eigenvalue weighted by Gasteiger charge is -2.29. The molecule has 0 saturated heterocycles. The van der Waals surface area contributed by atoms with Gasteiger partial charge in [0.05, 0.1) is 23.9 Å². The maximum atomic E-state index is 13.2. The first-order valence-corrected chi connectivity index (χ1v) is 6.95. The van der Waals surface area contributed by atoms with Crippen LogP contribution in [0.5, 0.6) is 0 Å². The van der Waals surface area contributed by atoms with E-state index >= 15 is 0 Å². The first-order valence-electron chi connectivity index (χ1n) is 6.95. The number of aliphatic hydroxyl groups excluding tert-OH is 1. The molecule has 2 aromatic heterocycles. The minimum atomic E-state index is -0.542. The Hall–Kier alpha value is -2.02. The van der Waals surface area contributed by atoms with Crippen molar-refractivity contribution in [2.45, 2.75) is 38.6 Å². The number of aliphatic hydroxyl groups is 1. The molecule has 0 saturated carbocycles. The second kappa shape index (κ2) is 6.17. The van der Waals surface area contributed by atoms with Crippen LogP contribution in [0, 0.1) is 5.82 Å². The Bertz CT molecular complexity index is 631. The smallest absolute Gasteiger partial charge is 0.222 e. The van der Waals surface area contributed by atoms with Gasteiger partial charge in [0.15, 0.2) is 5.82 Å². The molecule has 7 heteroatoms. The molecule has 4 N–H and O–H groups in total. The lowest BCUT2D eigenvalue weighted by atomic mass is 9.96. The zero-order valence-electron chi connectivity index (χ0n) is 12.2. The highest BCUT2D eigenvalue weighted by Gasteiger charge is 2.24. The van der Waals surface area contributed by atoms with E-state index in [1.165, 1.54) is 6.07 Å². The first-order chi connectivity index (χ1) is 9.97. The second-order valence-corrected chi connectivity index (χ2v) is 5.40. The molecule has 0 aromatic carbocycles. The summed E-state index contributed by atoms with van der Waals surface area (Å²) in [6.45, 7) is 3.93. The number of hydrogen-bond donors (Lipinski definition) is 3. The van der Waals surface area contributed by atoms with Gasteiger partial charge in [0.1, 0.15) is 11.3 Å². The predicted octanol–water partition coefficient (Wildman–Crippen LogP) is 2.10. The molecular formula is C14H20FN5O. The number of anilines is 2. The third-order valence-electron chi connectivity index (χ3n) is 3.37. The minimum absolute atomic E-state index is 0.0354. The van der Waals surface area contributed by atoms with Crippen molar-refractivity contribution in [3.05, 3.63) is 18.1 Å². The number of rotatable bonds is 6. The number of pyridine rings is 1. The first kappa shape index (κ1) is 15.4. The highest BCUT2D eigenvalue weighted by atomic mass is 19.1. The molecule has 0 bridgehead atoms. The van der Waals surface area contributed by atoms with E-state index in [0.29, 0.717) is 16.9 Å². The maximum absolute atomic E-state index is 13.2. The van der Waals surface area contributed by atoms with Gasteiger partial charge in [-0.25, -0.2) is 14.4 Å². The lowest BCUT2D eigenvalue weighted by Crippen LogP contribution is -2.39. The van der Waals surface area contributed by atoms with Crippen LogP contribution in [0.25, 0.3) is 11.0 Å². The molecular weight excluding hydrogens is 273 g/mol. The van der Waals surface area contributed by atoms with Crippen LogP contribution in [0.2, 0.25) is 0 Å². The van der Waals surface area contributed by atoms with Gasteiger partial charge in [0.25, 0.3) is 0 Å². The van der Waals surface area contributed by atoms with E-state index in [4.69, 9.17) is 5.73 Å². The molecule has 0 aliphatic carbocycles. The number of unbranched alkanes of at least 4 members (excludes halogenated alkanes) is 1. The van der Waals surface area contributed by atoms with Gasteiger partial charge in [-0.1, -0.05) is 19.8 Å². The fourth-order valence-electron chi connectivity index (χ4n) is 2.13. The number of hydrogen-bond acceptors (Lipinski definition) is 6. The summed E-state index contributed by atoms with van der Waals surface area (Å²) < 4.78 is 13.2. The van der Waals surface area contributed by atoms with Crippen LogP contribution in [0.15, 0.2) is 12.3 Å². The van der Waals surface area contributed by atoms with E-state index in [0.717, 1.165) is 25.5 Å².